The Morgan fingerprint density at radius 2 is 2.24 bits per heavy atom. The predicted octanol–water partition coefficient (Wildman–Crippen LogP) is 2.39. The van der Waals surface area contributed by atoms with Crippen LogP contribution in [-0.4, -0.2) is 16.5 Å². The summed E-state index contributed by atoms with van der Waals surface area (Å²) in [5.41, 5.74) is 2.44. The zero-order valence-electron chi connectivity index (χ0n) is 10.7. The van der Waals surface area contributed by atoms with Crippen LogP contribution in [0.4, 0.5) is 11.8 Å². The number of anilines is 2. The number of nitrogens with two attached hydrogens (primary N) is 1. The van der Waals surface area contributed by atoms with Gasteiger partial charge in [-0.2, -0.15) is 4.98 Å². The number of hydrazine groups is 1. The molecule has 0 aromatic carbocycles. The molecule has 1 heterocycles. The van der Waals surface area contributed by atoms with E-state index < -0.39 is 0 Å². The molecule has 1 unspecified atom stereocenters. The van der Waals surface area contributed by atoms with Gasteiger partial charge in [0.15, 0.2) is 0 Å². The van der Waals surface area contributed by atoms with Gasteiger partial charge in [0.25, 0.3) is 0 Å². The van der Waals surface area contributed by atoms with E-state index >= 15 is 0 Å². The van der Waals surface area contributed by atoms with Crippen molar-refractivity contribution in [2.45, 2.75) is 39.5 Å². The minimum absolute atomic E-state index is 0.441. The van der Waals surface area contributed by atoms with Gasteiger partial charge in [0.05, 0.1) is 0 Å². The van der Waals surface area contributed by atoms with Crippen LogP contribution in [0.3, 0.4) is 0 Å². The Morgan fingerprint density at radius 1 is 1.41 bits per heavy atom. The van der Waals surface area contributed by atoms with Gasteiger partial charge in [-0.15, -0.1) is 0 Å². The molecule has 0 fully saturated rings. The van der Waals surface area contributed by atoms with Gasteiger partial charge in [0, 0.05) is 12.7 Å². The van der Waals surface area contributed by atoms with Gasteiger partial charge in [0.2, 0.25) is 5.95 Å². The maximum Gasteiger partial charge on any atom is 0.239 e. The Hall–Kier alpha value is -1.36. The molecule has 0 saturated heterocycles. The first kappa shape index (κ1) is 13.7. The molecule has 0 aliphatic rings. The summed E-state index contributed by atoms with van der Waals surface area (Å²) in [7, 11) is 0. The maximum atomic E-state index is 5.26. The summed E-state index contributed by atoms with van der Waals surface area (Å²) in [5.74, 6) is 7.23. The molecule has 0 radical (unpaired) electrons. The van der Waals surface area contributed by atoms with Gasteiger partial charge in [0.1, 0.15) is 5.82 Å². The molecule has 0 bridgehead atoms. The summed E-state index contributed by atoms with van der Waals surface area (Å²) >= 11 is 0. The molecule has 5 nitrogen and oxygen atoms in total. The van der Waals surface area contributed by atoms with Crippen molar-refractivity contribution in [3.05, 3.63) is 12.3 Å². The van der Waals surface area contributed by atoms with Gasteiger partial charge in [-0.25, -0.2) is 10.8 Å². The smallest absolute Gasteiger partial charge is 0.239 e. The van der Waals surface area contributed by atoms with E-state index in [9.17, 15) is 0 Å². The van der Waals surface area contributed by atoms with E-state index in [0.717, 1.165) is 12.4 Å². The topological polar surface area (TPSA) is 75.9 Å². The lowest BCUT2D eigenvalue weighted by molar-refractivity contribution is 0.472. The maximum absolute atomic E-state index is 5.26. The third kappa shape index (κ3) is 4.99. The molecule has 0 spiro atoms. The molecular weight excluding hydrogens is 214 g/mol. The van der Waals surface area contributed by atoms with Crippen molar-refractivity contribution in [1.82, 2.24) is 9.97 Å². The van der Waals surface area contributed by atoms with Crippen LogP contribution in [0.25, 0.3) is 0 Å². The average Bonchev–Trinajstić information content (AvgIpc) is 2.39. The Bertz CT molecular complexity index is 316. The van der Waals surface area contributed by atoms with E-state index in [1.807, 2.05) is 6.07 Å². The molecule has 1 atom stereocenters. The molecule has 1 rings (SSSR count). The Balaban J connectivity index is 2.41. The lowest BCUT2D eigenvalue weighted by atomic mass is 9.99. The quantitative estimate of drug-likeness (QED) is 0.478. The number of nitrogen functional groups attached to an aromatic ring is 1. The molecule has 5 heteroatoms. The Morgan fingerprint density at radius 3 is 2.88 bits per heavy atom. The average molecular weight is 237 g/mol. The van der Waals surface area contributed by atoms with Crippen molar-refractivity contribution < 1.29 is 0 Å². The Kier molecular flexibility index (Phi) is 6.32. The highest BCUT2D eigenvalue weighted by molar-refractivity contribution is 5.38. The first-order chi connectivity index (χ1) is 8.30. The van der Waals surface area contributed by atoms with Gasteiger partial charge in [-0.05, 0) is 18.4 Å². The summed E-state index contributed by atoms with van der Waals surface area (Å²) in [5, 5.41) is 3.33. The second-order valence-corrected chi connectivity index (χ2v) is 4.21. The monoisotopic (exact) mass is 237 g/mol. The number of nitrogens with one attached hydrogen (secondary N) is 2. The van der Waals surface area contributed by atoms with E-state index in [2.05, 4.69) is 34.6 Å². The normalized spacial score (nSPS) is 12.2. The van der Waals surface area contributed by atoms with Crippen molar-refractivity contribution >= 4 is 11.8 Å². The fourth-order valence-electron chi connectivity index (χ4n) is 1.72. The molecule has 1 aromatic heterocycles. The number of hydrogen-bond donors (Lipinski definition) is 3. The molecule has 0 saturated carbocycles. The van der Waals surface area contributed by atoms with Crippen LogP contribution in [0.1, 0.15) is 39.5 Å². The van der Waals surface area contributed by atoms with E-state index in [1.165, 1.54) is 25.7 Å². The first-order valence-corrected chi connectivity index (χ1v) is 6.33. The van der Waals surface area contributed by atoms with Crippen LogP contribution in [0.2, 0.25) is 0 Å². The molecule has 96 valence electrons. The highest BCUT2D eigenvalue weighted by Crippen LogP contribution is 2.14. The molecular formula is C12H23N5. The number of nitrogens with zero attached hydrogens (tertiary/aromatic N) is 2. The van der Waals surface area contributed by atoms with Crippen molar-refractivity contribution in [2.24, 2.45) is 11.8 Å². The highest BCUT2D eigenvalue weighted by atomic mass is 15.3. The lowest BCUT2D eigenvalue weighted by Crippen LogP contribution is -2.16. The molecule has 0 amide bonds. The molecule has 0 aliphatic carbocycles. The van der Waals surface area contributed by atoms with Crippen molar-refractivity contribution in [3.63, 3.8) is 0 Å². The van der Waals surface area contributed by atoms with Crippen LogP contribution in [-0.2, 0) is 0 Å². The van der Waals surface area contributed by atoms with Crippen molar-refractivity contribution in [1.29, 1.82) is 0 Å². The van der Waals surface area contributed by atoms with Gasteiger partial charge in [-0.1, -0.05) is 33.1 Å². The summed E-state index contributed by atoms with van der Waals surface area (Å²) in [4.78, 5) is 8.19. The summed E-state index contributed by atoms with van der Waals surface area (Å²) < 4.78 is 0. The lowest BCUT2D eigenvalue weighted by Gasteiger charge is -2.15. The van der Waals surface area contributed by atoms with Gasteiger partial charge in [-0.3, -0.25) is 5.43 Å². The summed E-state index contributed by atoms with van der Waals surface area (Å²) in [6.07, 6.45) is 6.70. The standard InChI is InChI=1S/C12H23N5/c1-3-5-6-10(4-2)9-15-11-7-8-14-12(16-11)17-13/h7-8,10H,3-6,9,13H2,1-2H3,(H2,14,15,16,17). The van der Waals surface area contributed by atoms with Gasteiger partial charge >= 0.3 is 0 Å². The minimum Gasteiger partial charge on any atom is -0.370 e. The second-order valence-electron chi connectivity index (χ2n) is 4.21. The summed E-state index contributed by atoms with van der Waals surface area (Å²) in [6.45, 7) is 5.41. The molecule has 0 aliphatic heterocycles. The van der Waals surface area contributed by atoms with Crippen LogP contribution in [0, 0.1) is 5.92 Å². The van der Waals surface area contributed by atoms with Crippen LogP contribution < -0.4 is 16.6 Å². The van der Waals surface area contributed by atoms with E-state index in [1.54, 1.807) is 6.20 Å². The van der Waals surface area contributed by atoms with Crippen LogP contribution >= 0.6 is 0 Å². The van der Waals surface area contributed by atoms with E-state index in [-0.39, 0.29) is 0 Å². The highest BCUT2D eigenvalue weighted by Gasteiger charge is 2.06. The SMILES string of the molecule is CCCCC(CC)CNc1ccnc(NN)n1. The Labute approximate surface area is 103 Å². The second kappa shape index (κ2) is 7.84. The first-order valence-electron chi connectivity index (χ1n) is 6.33. The molecule has 17 heavy (non-hydrogen) atoms. The van der Waals surface area contributed by atoms with Crippen molar-refractivity contribution in [2.75, 3.05) is 17.3 Å². The van der Waals surface area contributed by atoms with E-state index in [4.69, 9.17) is 5.84 Å². The summed E-state index contributed by atoms with van der Waals surface area (Å²) in [6, 6.07) is 1.85. The largest absolute Gasteiger partial charge is 0.370 e. The minimum atomic E-state index is 0.441. The molecule has 4 N–H and O–H groups in total. The van der Waals surface area contributed by atoms with E-state index in [0.29, 0.717) is 11.9 Å². The fourth-order valence-corrected chi connectivity index (χ4v) is 1.72. The number of unbranched alkanes of at least 4 members (excludes halogenated alkanes) is 1. The number of aromatic nitrogens is 2. The zero-order valence-corrected chi connectivity index (χ0v) is 10.7. The third-order valence-corrected chi connectivity index (χ3v) is 2.90. The van der Waals surface area contributed by atoms with Crippen LogP contribution in [0.15, 0.2) is 12.3 Å². The predicted molar refractivity (Wildman–Crippen MR) is 71.6 cm³/mol. The number of rotatable bonds is 8. The molecule has 1 aromatic rings. The third-order valence-electron chi connectivity index (χ3n) is 2.90. The number of hydrogen-bond acceptors (Lipinski definition) is 5. The van der Waals surface area contributed by atoms with Crippen LogP contribution in [0.5, 0.6) is 0 Å². The van der Waals surface area contributed by atoms with Gasteiger partial charge < -0.3 is 5.32 Å². The fraction of sp³-hybridized carbons (Fsp3) is 0.667. The van der Waals surface area contributed by atoms with Crippen molar-refractivity contribution in [3.8, 4) is 0 Å². The zero-order chi connectivity index (χ0) is 12.5.